The Balaban J connectivity index is 1.61. The molecule has 11 heteroatoms. The summed E-state index contributed by atoms with van der Waals surface area (Å²) in [5.74, 6) is -0.749. The van der Waals surface area contributed by atoms with Gasteiger partial charge < -0.3 is 19.5 Å². The molecule has 3 heterocycles. The topological polar surface area (TPSA) is 103 Å². The first-order chi connectivity index (χ1) is 20.2. The second-order valence-corrected chi connectivity index (χ2v) is 10.3. The van der Waals surface area contributed by atoms with Gasteiger partial charge in [0.2, 0.25) is 0 Å². The maximum absolute atomic E-state index is 13.9. The molecule has 1 amide bonds. The Hall–Kier alpha value is -4.82. The summed E-state index contributed by atoms with van der Waals surface area (Å²) in [6.07, 6.45) is -0.598. The van der Waals surface area contributed by atoms with Crippen molar-refractivity contribution in [3.05, 3.63) is 106 Å². The zero-order valence-corrected chi connectivity index (χ0v) is 23.4. The highest BCUT2D eigenvalue weighted by Crippen LogP contribution is 2.36. The Morgan fingerprint density at radius 1 is 1.07 bits per heavy atom. The monoisotopic (exact) mass is 572 g/mol. The maximum Gasteiger partial charge on any atom is 0.406 e. The largest absolute Gasteiger partial charge is 0.453 e. The molecular weight excluding hydrogens is 542 g/mol. The number of fused-ring (bicyclic) bond motifs is 1. The van der Waals surface area contributed by atoms with Crippen LogP contribution in [-0.2, 0) is 11.8 Å². The van der Waals surface area contributed by atoms with E-state index in [2.05, 4.69) is 26.2 Å². The van der Waals surface area contributed by atoms with E-state index in [0.717, 1.165) is 11.1 Å². The first kappa shape index (κ1) is 28.7. The number of carbonyl (C=O) groups excluding carboxylic acids is 1. The summed E-state index contributed by atoms with van der Waals surface area (Å²) < 4.78 is 34.2. The van der Waals surface area contributed by atoms with Crippen molar-refractivity contribution >= 4 is 22.8 Å². The predicted molar refractivity (Wildman–Crippen MR) is 154 cm³/mol. The van der Waals surface area contributed by atoms with Gasteiger partial charge >= 0.3 is 6.09 Å². The number of hydrogen-bond donors (Lipinski definition) is 1. The Labute approximate surface area is 241 Å². The lowest BCUT2D eigenvalue weighted by Crippen LogP contribution is -2.61. The quantitative estimate of drug-likeness (QED) is 0.371. The summed E-state index contributed by atoms with van der Waals surface area (Å²) in [4.78, 5) is 33.9. The number of piperazine rings is 1. The molecule has 1 aliphatic rings. The SMILES string of the molecule is COC(=O)NC[C@@H]1CN(c2cc(=O)n(C)c3ccc(C#N)nc23)[C@@H](C)CN1C(c1ccc(F)cc1)c1ccc(F)cc1. The summed E-state index contributed by atoms with van der Waals surface area (Å²) in [5, 5.41) is 12.3. The zero-order valence-electron chi connectivity index (χ0n) is 23.4. The van der Waals surface area contributed by atoms with Gasteiger partial charge in [-0.15, -0.1) is 0 Å². The number of ether oxygens (including phenoxy) is 1. The number of methoxy groups -OCH3 is 1. The van der Waals surface area contributed by atoms with Crippen molar-refractivity contribution in [1.29, 1.82) is 5.26 Å². The fraction of sp³-hybridized carbons (Fsp3) is 0.290. The number of hydrogen-bond acceptors (Lipinski definition) is 7. The second kappa shape index (κ2) is 12.0. The average Bonchev–Trinajstić information content (AvgIpc) is 3.00. The van der Waals surface area contributed by atoms with Crippen LogP contribution in [0.2, 0.25) is 0 Å². The molecule has 42 heavy (non-hydrogen) atoms. The number of aryl methyl sites for hydroxylation is 1. The van der Waals surface area contributed by atoms with Crippen molar-refractivity contribution in [3.8, 4) is 6.07 Å². The normalized spacial score (nSPS) is 17.3. The molecule has 1 N–H and O–H groups in total. The van der Waals surface area contributed by atoms with Gasteiger partial charge in [0.25, 0.3) is 5.56 Å². The second-order valence-electron chi connectivity index (χ2n) is 10.3. The van der Waals surface area contributed by atoms with Crippen LogP contribution in [0.3, 0.4) is 0 Å². The predicted octanol–water partition coefficient (Wildman–Crippen LogP) is 4.11. The van der Waals surface area contributed by atoms with Crippen molar-refractivity contribution < 1.29 is 18.3 Å². The van der Waals surface area contributed by atoms with E-state index in [-0.39, 0.29) is 41.5 Å². The van der Waals surface area contributed by atoms with Crippen molar-refractivity contribution in [2.45, 2.75) is 25.0 Å². The number of carbonyl (C=O) groups is 1. The summed E-state index contributed by atoms with van der Waals surface area (Å²) in [6, 6.07) is 18.3. The molecule has 5 rings (SSSR count). The number of amides is 1. The number of pyridine rings is 2. The summed E-state index contributed by atoms with van der Waals surface area (Å²) >= 11 is 0. The van der Waals surface area contributed by atoms with Gasteiger partial charge in [0.05, 0.1) is 24.4 Å². The van der Waals surface area contributed by atoms with Crippen LogP contribution in [0.15, 0.2) is 71.5 Å². The summed E-state index contributed by atoms with van der Waals surface area (Å²) in [7, 11) is 2.94. The molecule has 2 aromatic carbocycles. The van der Waals surface area contributed by atoms with Crippen molar-refractivity contribution in [3.63, 3.8) is 0 Å². The highest BCUT2D eigenvalue weighted by Gasteiger charge is 2.38. The van der Waals surface area contributed by atoms with E-state index in [0.29, 0.717) is 29.8 Å². The number of benzene rings is 2. The van der Waals surface area contributed by atoms with Gasteiger partial charge in [0, 0.05) is 44.8 Å². The number of alkyl carbamates (subject to hydrolysis) is 1. The van der Waals surface area contributed by atoms with E-state index in [9.17, 15) is 23.6 Å². The number of aromatic nitrogens is 2. The van der Waals surface area contributed by atoms with E-state index >= 15 is 0 Å². The molecule has 2 atom stereocenters. The Bertz CT molecular complexity index is 1660. The summed E-state index contributed by atoms with van der Waals surface area (Å²) in [5.41, 5.74) is 3.29. The molecule has 4 aromatic rings. The third kappa shape index (κ3) is 5.66. The molecule has 0 unspecified atom stereocenters. The molecule has 216 valence electrons. The third-order valence-electron chi connectivity index (χ3n) is 7.75. The van der Waals surface area contributed by atoms with Gasteiger partial charge in [0.15, 0.2) is 0 Å². The first-order valence-corrected chi connectivity index (χ1v) is 13.5. The van der Waals surface area contributed by atoms with E-state index in [1.807, 2.05) is 6.92 Å². The zero-order chi connectivity index (χ0) is 30.0. The molecule has 9 nitrogen and oxygen atoms in total. The van der Waals surface area contributed by atoms with Crippen molar-refractivity contribution in [2.24, 2.45) is 7.05 Å². The van der Waals surface area contributed by atoms with Crippen LogP contribution in [0.5, 0.6) is 0 Å². The molecule has 0 saturated carbocycles. The van der Waals surface area contributed by atoms with E-state index < -0.39 is 12.1 Å². The Morgan fingerprint density at radius 3 is 2.26 bits per heavy atom. The Kier molecular flexibility index (Phi) is 8.17. The van der Waals surface area contributed by atoms with Gasteiger partial charge in [-0.25, -0.2) is 18.6 Å². The third-order valence-corrected chi connectivity index (χ3v) is 7.75. The van der Waals surface area contributed by atoms with Gasteiger partial charge in [0.1, 0.15) is 28.9 Å². The van der Waals surface area contributed by atoms with E-state index in [4.69, 9.17) is 4.74 Å². The van der Waals surface area contributed by atoms with Crippen LogP contribution in [0.25, 0.3) is 11.0 Å². The van der Waals surface area contributed by atoms with Crippen molar-refractivity contribution in [2.75, 3.05) is 31.6 Å². The number of rotatable bonds is 6. The molecule has 0 bridgehead atoms. The highest BCUT2D eigenvalue weighted by atomic mass is 19.1. The van der Waals surface area contributed by atoms with Gasteiger partial charge in [-0.05, 0) is 54.4 Å². The molecule has 0 aliphatic carbocycles. The Morgan fingerprint density at radius 2 is 1.69 bits per heavy atom. The number of halogens is 2. The molecule has 1 aliphatic heterocycles. The fourth-order valence-corrected chi connectivity index (χ4v) is 5.63. The smallest absolute Gasteiger partial charge is 0.406 e. The van der Waals surface area contributed by atoms with Crippen LogP contribution in [0.4, 0.5) is 19.3 Å². The first-order valence-electron chi connectivity index (χ1n) is 13.5. The molecule has 0 radical (unpaired) electrons. The summed E-state index contributed by atoms with van der Waals surface area (Å²) in [6.45, 7) is 3.03. The number of anilines is 1. The number of nitrogens with one attached hydrogen (secondary N) is 1. The van der Waals surface area contributed by atoms with Crippen LogP contribution in [-0.4, -0.2) is 59.4 Å². The molecule has 1 fully saturated rings. The minimum atomic E-state index is -0.598. The molecule has 1 saturated heterocycles. The minimum Gasteiger partial charge on any atom is -0.453 e. The lowest BCUT2D eigenvalue weighted by atomic mass is 9.93. The lowest BCUT2D eigenvalue weighted by Gasteiger charge is -2.49. The van der Waals surface area contributed by atoms with Gasteiger partial charge in [-0.3, -0.25) is 9.69 Å². The van der Waals surface area contributed by atoms with E-state index in [1.165, 1.54) is 42.0 Å². The van der Waals surface area contributed by atoms with Crippen LogP contribution in [0, 0.1) is 23.0 Å². The number of nitrogens with zero attached hydrogens (tertiary/aromatic N) is 5. The lowest BCUT2D eigenvalue weighted by molar-refractivity contribution is 0.113. The van der Waals surface area contributed by atoms with Crippen LogP contribution in [0.1, 0.15) is 29.8 Å². The van der Waals surface area contributed by atoms with Gasteiger partial charge in [-0.2, -0.15) is 5.26 Å². The molecule has 0 spiro atoms. The average molecular weight is 573 g/mol. The van der Waals surface area contributed by atoms with Crippen LogP contribution < -0.4 is 15.8 Å². The minimum absolute atomic E-state index is 0.161. The fourth-order valence-electron chi connectivity index (χ4n) is 5.63. The van der Waals surface area contributed by atoms with Gasteiger partial charge in [-0.1, -0.05) is 24.3 Å². The van der Waals surface area contributed by atoms with Crippen LogP contribution >= 0.6 is 0 Å². The van der Waals surface area contributed by atoms with Crippen molar-refractivity contribution in [1.82, 2.24) is 19.8 Å². The highest BCUT2D eigenvalue weighted by molar-refractivity contribution is 5.89. The number of nitriles is 1. The standard InChI is InChI=1S/C31H30F2N6O3/c1-19-17-39(30(20-4-8-22(32)9-5-20)21-6-10-23(33)11-7-21)25(16-35-31(41)42-3)18-38(19)27-14-28(40)37(2)26-13-12-24(15-34)36-29(26)27/h4-14,19,25,30H,16-18H2,1-3H3,(H,35,41)/t19-,25+/m0/s1. The molecule has 2 aromatic heterocycles. The maximum atomic E-state index is 13.9. The molecular formula is C31H30F2N6O3. The van der Waals surface area contributed by atoms with E-state index in [1.54, 1.807) is 43.4 Å².